The molecule has 0 radical (unpaired) electrons. The summed E-state index contributed by atoms with van der Waals surface area (Å²) >= 11 is 6.08. The molecule has 0 saturated carbocycles. The molecule has 1 aliphatic heterocycles. The lowest BCUT2D eigenvalue weighted by molar-refractivity contribution is 0.187. The van der Waals surface area contributed by atoms with Gasteiger partial charge in [-0.3, -0.25) is 0 Å². The molecule has 0 bridgehead atoms. The predicted octanol–water partition coefficient (Wildman–Crippen LogP) is 3.72. The molecular weight excluding hydrogens is 282 g/mol. The van der Waals surface area contributed by atoms with Crippen molar-refractivity contribution in [3.8, 4) is 5.75 Å². The number of likely N-dealkylation sites (N-methyl/N-ethyl adjacent to an activating group) is 1. The Hall–Kier alpha value is -1.51. The fourth-order valence-electron chi connectivity index (χ4n) is 3.03. The van der Waals surface area contributed by atoms with Gasteiger partial charge >= 0.3 is 0 Å². The predicted molar refractivity (Wildman–Crippen MR) is 87.1 cm³/mol. The lowest BCUT2D eigenvalue weighted by Crippen LogP contribution is -2.41. The van der Waals surface area contributed by atoms with Gasteiger partial charge in [-0.1, -0.05) is 41.9 Å². The van der Waals surface area contributed by atoms with Crippen LogP contribution in [0.1, 0.15) is 11.1 Å². The van der Waals surface area contributed by atoms with Gasteiger partial charge in [0.05, 0.1) is 6.61 Å². The molecule has 0 fully saturated rings. The Morgan fingerprint density at radius 1 is 1.24 bits per heavy atom. The van der Waals surface area contributed by atoms with Gasteiger partial charge in [0, 0.05) is 17.0 Å². The van der Waals surface area contributed by atoms with E-state index in [0.717, 1.165) is 30.2 Å². The Balaban J connectivity index is 1.73. The molecule has 3 heteroatoms. The summed E-state index contributed by atoms with van der Waals surface area (Å²) in [6, 6.07) is 16.8. The average molecular weight is 302 g/mol. The van der Waals surface area contributed by atoms with Crippen molar-refractivity contribution in [3.63, 3.8) is 0 Å². The minimum Gasteiger partial charge on any atom is -0.493 e. The van der Waals surface area contributed by atoms with Crippen LogP contribution in [0.4, 0.5) is 0 Å². The van der Waals surface area contributed by atoms with Crippen LogP contribution < -0.4 is 10.1 Å². The Labute approximate surface area is 131 Å². The van der Waals surface area contributed by atoms with Crippen LogP contribution in [0.25, 0.3) is 0 Å². The summed E-state index contributed by atoms with van der Waals surface area (Å²) in [6.45, 7) is 0.767. The number of nitrogens with one attached hydrogen (secondary N) is 1. The first-order valence-corrected chi connectivity index (χ1v) is 7.76. The van der Waals surface area contributed by atoms with Gasteiger partial charge in [0.2, 0.25) is 0 Å². The number of hydrogen-bond donors (Lipinski definition) is 1. The van der Waals surface area contributed by atoms with Crippen molar-refractivity contribution in [2.24, 2.45) is 5.92 Å². The zero-order valence-corrected chi connectivity index (χ0v) is 12.9. The standard InChI is InChI=1S/C18H20ClNO/c1-20-17(10-13-5-4-7-16(19)9-13)15-11-14-6-2-3-8-18(14)21-12-15/h2-9,15,17,20H,10-12H2,1H3. The molecule has 0 aliphatic carbocycles. The van der Waals surface area contributed by atoms with Crippen molar-refractivity contribution in [1.82, 2.24) is 5.32 Å². The molecule has 2 nitrogen and oxygen atoms in total. The molecule has 0 amide bonds. The number of halogens is 1. The monoisotopic (exact) mass is 301 g/mol. The molecule has 2 aromatic rings. The molecule has 0 aromatic heterocycles. The fourth-order valence-corrected chi connectivity index (χ4v) is 3.25. The van der Waals surface area contributed by atoms with Crippen LogP contribution in [0.5, 0.6) is 5.75 Å². The van der Waals surface area contributed by atoms with Gasteiger partial charge in [0.25, 0.3) is 0 Å². The Morgan fingerprint density at radius 2 is 2.10 bits per heavy atom. The van der Waals surface area contributed by atoms with E-state index in [1.165, 1.54) is 11.1 Å². The van der Waals surface area contributed by atoms with E-state index in [4.69, 9.17) is 16.3 Å². The number of rotatable bonds is 4. The highest BCUT2D eigenvalue weighted by atomic mass is 35.5. The minimum atomic E-state index is 0.386. The largest absolute Gasteiger partial charge is 0.493 e. The van der Waals surface area contributed by atoms with E-state index < -0.39 is 0 Å². The second-order valence-corrected chi connectivity index (χ2v) is 6.05. The molecule has 3 rings (SSSR count). The van der Waals surface area contributed by atoms with Gasteiger partial charge in [-0.15, -0.1) is 0 Å². The van der Waals surface area contributed by atoms with Gasteiger partial charge in [0.1, 0.15) is 5.75 Å². The minimum absolute atomic E-state index is 0.386. The molecule has 2 atom stereocenters. The van der Waals surface area contributed by atoms with Crippen LogP contribution in [-0.4, -0.2) is 19.7 Å². The maximum Gasteiger partial charge on any atom is 0.122 e. The van der Waals surface area contributed by atoms with Crippen LogP contribution in [0.3, 0.4) is 0 Å². The van der Waals surface area contributed by atoms with Crippen molar-refractivity contribution in [3.05, 3.63) is 64.7 Å². The summed E-state index contributed by atoms with van der Waals surface area (Å²) in [6.07, 6.45) is 2.02. The highest BCUT2D eigenvalue weighted by molar-refractivity contribution is 6.30. The highest BCUT2D eigenvalue weighted by Gasteiger charge is 2.26. The maximum atomic E-state index is 6.08. The summed E-state index contributed by atoms with van der Waals surface area (Å²) in [4.78, 5) is 0. The van der Waals surface area contributed by atoms with Crippen LogP contribution in [0.15, 0.2) is 48.5 Å². The van der Waals surface area contributed by atoms with Crippen molar-refractivity contribution in [1.29, 1.82) is 0 Å². The van der Waals surface area contributed by atoms with Crippen molar-refractivity contribution < 1.29 is 4.74 Å². The second-order valence-electron chi connectivity index (χ2n) is 5.61. The zero-order chi connectivity index (χ0) is 14.7. The van der Waals surface area contributed by atoms with Crippen LogP contribution >= 0.6 is 11.6 Å². The molecule has 0 saturated heterocycles. The van der Waals surface area contributed by atoms with E-state index >= 15 is 0 Å². The molecule has 21 heavy (non-hydrogen) atoms. The number of para-hydroxylation sites is 1. The Bertz CT molecular complexity index is 614. The van der Waals surface area contributed by atoms with Gasteiger partial charge in [-0.2, -0.15) is 0 Å². The molecule has 110 valence electrons. The lowest BCUT2D eigenvalue weighted by atomic mass is 9.87. The maximum absolute atomic E-state index is 6.08. The number of fused-ring (bicyclic) bond motifs is 1. The van der Waals surface area contributed by atoms with Crippen LogP contribution in [-0.2, 0) is 12.8 Å². The first-order chi connectivity index (χ1) is 10.3. The van der Waals surface area contributed by atoms with E-state index in [2.05, 4.69) is 29.6 Å². The number of ether oxygens (including phenoxy) is 1. The summed E-state index contributed by atoms with van der Waals surface area (Å²) < 4.78 is 5.91. The van der Waals surface area contributed by atoms with E-state index in [-0.39, 0.29) is 0 Å². The van der Waals surface area contributed by atoms with E-state index in [0.29, 0.717) is 12.0 Å². The molecule has 1 aliphatic rings. The van der Waals surface area contributed by atoms with Gasteiger partial charge < -0.3 is 10.1 Å². The Morgan fingerprint density at radius 3 is 2.90 bits per heavy atom. The van der Waals surface area contributed by atoms with Gasteiger partial charge in [-0.25, -0.2) is 0 Å². The third-order valence-electron chi connectivity index (χ3n) is 4.19. The van der Waals surface area contributed by atoms with E-state index in [9.17, 15) is 0 Å². The molecule has 2 aromatic carbocycles. The number of benzene rings is 2. The first kappa shape index (κ1) is 14.4. The van der Waals surface area contributed by atoms with E-state index in [1.807, 2.05) is 31.3 Å². The topological polar surface area (TPSA) is 21.3 Å². The smallest absolute Gasteiger partial charge is 0.122 e. The summed E-state index contributed by atoms with van der Waals surface area (Å²) in [5, 5.41) is 4.25. The summed E-state index contributed by atoms with van der Waals surface area (Å²) in [5.74, 6) is 1.51. The molecule has 2 unspecified atom stereocenters. The normalized spacial score (nSPS) is 18.7. The fraction of sp³-hybridized carbons (Fsp3) is 0.333. The van der Waals surface area contributed by atoms with Crippen molar-refractivity contribution >= 4 is 11.6 Å². The van der Waals surface area contributed by atoms with Gasteiger partial charge in [-0.05, 0) is 49.2 Å². The zero-order valence-electron chi connectivity index (χ0n) is 12.2. The third-order valence-corrected chi connectivity index (χ3v) is 4.43. The third kappa shape index (κ3) is 3.39. The lowest BCUT2D eigenvalue weighted by Gasteiger charge is -2.31. The Kier molecular flexibility index (Phi) is 4.47. The molecule has 0 spiro atoms. The van der Waals surface area contributed by atoms with Crippen molar-refractivity contribution in [2.45, 2.75) is 18.9 Å². The van der Waals surface area contributed by atoms with Crippen LogP contribution in [0.2, 0.25) is 5.02 Å². The quantitative estimate of drug-likeness (QED) is 0.929. The molecule has 1 heterocycles. The second kappa shape index (κ2) is 6.50. The first-order valence-electron chi connectivity index (χ1n) is 7.38. The molecular formula is C18H20ClNO. The SMILES string of the molecule is CNC(Cc1cccc(Cl)c1)C1COc2ccccc2C1. The highest BCUT2D eigenvalue weighted by Crippen LogP contribution is 2.29. The number of hydrogen-bond acceptors (Lipinski definition) is 2. The van der Waals surface area contributed by atoms with E-state index in [1.54, 1.807) is 0 Å². The molecule has 1 N–H and O–H groups in total. The summed E-state index contributed by atoms with van der Waals surface area (Å²) in [5.41, 5.74) is 2.57. The summed E-state index contributed by atoms with van der Waals surface area (Å²) in [7, 11) is 2.02. The van der Waals surface area contributed by atoms with Gasteiger partial charge in [0.15, 0.2) is 0 Å². The average Bonchev–Trinajstić information content (AvgIpc) is 2.52. The van der Waals surface area contributed by atoms with Crippen LogP contribution in [0, 0.1) is 5.92 Å². The van der Waals surface area contributed by atoms with Crippen molar-refractivity contribution in [2.75, 3.05) is 13.7 Å².